The van der Waals surface area contributed by atoms with E-state index in [9.17, 15) is 9.90 Å². The molecule has 0 radical (unpaired) electrons. The Morgan fingerprint density at radius 3 is 1.96 bits per heavy atom. The molecule has 1 saturated carbocycles. The lowest BCUT2D eigenvalue weighted by atomic mass is 9.78. The number of carbonyl (C=O) groups is 1. The van der Waals surface area contributed by atoms with E-state index in [0.717, 1.165) is 17.5 Å². The van der Waals surface area contributed by atoms with Gasteiger partial charge in [0.2, 0.25) is 0 Å². The average molecular weight is 318 g/mol. The van der Waals surface area contributed by atoms with Crippen LogP contribution in [-0.4, -0.2) is 17.7 Å². The fourth-order valence-corrected chi connectivity index (χ4v) is 2.91. The second-order valence-corrected chi connectivity index (χ2v) is 8.90. The zero-order chi connectivity index (χ0) is 17.6. The molecule has 2 atom stereocenters. The van der Waals surface area contributed by atoms with Crippen molar-refractivity contribution in [3.8, 4) is 5.75 Å². The molecule has 2 rings (SSSR count). The van der Waals surface area contributed by atoms with Gasteiger partial charge in [0, 0.05) is 17.7 Å². The Balaban J connectivity index is 2.48. The molecule has 0 aliphatic heterocycles. The van der Waals surface area contributed by atoms with E-state index in [-0.39, 0.29) is 35.2 Å². The van der Waals surface area contributed by atoms with Crippen LogP contribution in [0.5, 0.6) is 5.75 Å². The number of aryl methyl sites for hydroxylation is 1. The molecule has 1 aromatic rings. The Kier molecular flexibility index (Phi) is 4.64. The normalized spacial score (nSPS) is 21.2. The first-order chi connectivity index (χ1) is 10.4. The fraction of sp³-hybridized carbons (Fsp3) is 0.650. The number of esters is 1. The van der Waals surface area contributed by atoms with Crippen LogP contribution in [0.15, 0.2) is 12.1 Å². The number of hydrogen-bond donors (Lipinski definition) is 1. The third-order valence-electron chi connectivity index (χ3n) is 4.51. The summed E-state index contributed by atoms with van der Waals surface area (Å²) in [6.07, 6.45) is 0.733. The number of hydrogen-bond acceptors (Lipinski definition) is 3. The van der Waals surface area contributed by atoms with Crippen molar-refractivity contribution in [1.29, 1.82) is 0 Å². The standard InChI is InChI=1S/C20H30O3/c1-12-8-15(19(2,3)4)17(16(9-12)20(5,6)7)23-18(22)14-10-13(14)11-21/h8-9,13-14,21H,10-11H2,1-7H3. The van der Waals surface area contributed by atoms with Crippen LogP contribution in [0.1, 0.15) is 64.7 Å². The smallest absolute Gasteiger partial charge is 0.314 e. The van der Waals surface area contributed by atoms with Gasteiger partial charge in [0.15, 0.2) is 0 Å². The Bertz CT molecular complexity index is 567. The molecule has 23 heavy (non-hydrogen) atoms. The van der Waals surface area contributed by atoms with Crippen molar-refractivity contribution in [2.45, 2.75) is 65.7 Å². The Labute approximate surface area is 140 Å². The lowest BCUT2D eigenvalue weighted by Gasteiger charge is -2.29. The highest BCUT2D eigenvalue weighted by molar-refractivity contribution is 5.79. The van der Waals surface area contributed by atoms with Gasteiger partial charge in [-0.3, -0.25) is 4.79 Å². The summed E-state index contributed by atoms with van der Waals surface area (Å²) in [4.78, 5) is 12.5. The molecule has 0 heterocycles. The summed E-state index contributed by atoms with van der Waals surface area (Å²) in [6, 6.07) is 4.24. The molecule has 1 aliphatic carbocycles. The van der Waals surface area contributed by atoms with Gasteiger partial charge in [-0.05, 0) is 30.1 Å². The predicted octanol–water partition coefficient (Wildman–Crippen LogP) is 4.12. The van der Waals surface area contributed by atoms with E-state index in [1.165, 1.54) is 5.56 Å². The van der Waals surface area contributed by atoms with Gasteiger partial charge in [0.1, 0.15) is 5.75 Å². The molecule has 3 nitrogen and oxygen atoms in total. The highest BCUT2D eigenvalue weighted by Crippen LogP contribution is 2.44. The molecule has 2 unspecified atom stereocenters. The Morgan fingerprint density at radius 2 is 1.61 bits per heavy atom. The van der Waals surface area contributed by atoms with Gasteiger partial charge in [-0.25, -0.2) is 0 Å². The quantitative estimate of drug-likeness (QED) is 0.673. The number of benzene rings is 1. The Morgan fingerprint density at radius 1 is 1.13 bits per heavy atom. The van der Waals surface area contributed by atoms with Crippen molar-refractivity contribution < 1.29 is 14.6 Å². The summed E-state index contributed by atoms with van der Waals surface area (Å²) >= 11 is 0. The van der Waals surface area contributed by atoms with Crippen molar-refractivity contribution in [1.82, 2.24) is 0 Å². The second kappa shape index (κ2) is 5.94. The topological polar surface area (TPSA) is 46.5 Å². The summed E-state index contributed by atoms with van der Waals surface area (Å²) in [7, 11) is 0. The van der Waals surface area contributed by atoms with E-state index >= 15 is 0 Å². The second-order valence-electron chi connectivity index (χ2n) is 8.90. The third-order valence-corrected chi connectivity index (χ3v) is 4.51. The zero-order valence-electron chi connectivity index (χ0n) is 15.5. The third kappa shape index (κ3) is 3.95. The van der Waals surface area contributed by atoms with Crippen molar-refractivity contribution in [2.24, 2.45) is 11.8 Å². The van der Waals surface area contributed by atoms with Crippen LogP contribution >= 0.6 is 0 Å². The van der Waals surface area contributed by atoms with Gasteiger partial charge in [-0.2, -0.15) is 0 Å². The molecule has 1 N–H and O–H groups in total. The minimum absolute atomic E-state index is 0.0614. The summed E-state index contributed by atoms with van der Waals surface area (Å²) in [5.74, 6) is 0.430. The number of aliphatic hydroxyl groups is 1. The van der Waals surface area contributed by atoms with Gasteiger partial charge >= 0.3 is 5.97 Å². The van der Waals surface area contributed by atoms with Crippen LogP contribution in [0.4, 0.5) is 0 Å². The van der Waals surface area contributed by atoms with Crippen LogP contribution in [0, 0.1) is 18.8 Å². The lowest BCUT2D eigenvalue weighted by Crippen LogP contribution is -2.23. The van der Waals surface area contributed by atoms with E-state index in [4.69, 9.17) is 4.74 Å². The maximum absolute atomic E-state index is 12.5. The van der Waals surface area contributed by atoms with Crippen molar-refractivity contribution >= 4 is 5.97 Å². The summed E-state index contributed by atoms with van der Waals surface area (Å²) in [5, 5.41) is 9.19. The maximum atomic E-state index is 12.5. The van der Waals surface area contributed by atoms with Gasteiger partial charge in [0.25, 0.3) is 0 Å². The first kappa shape index (κ1) is 18.0. The fourth-order valence-electron chi connectivity index (χ4n) is 2.91. The van der Waals surface area contributed by atoms with E-state index < -0.39 is 0 Å². The SMILES string of the molecule is Cc1cc(C(C)(C)C)c(OC(=O)C2CC2CO)c(C(C)(C)C)c1. The van der Waals surface area contributed by atoms with Crippen molar-refractivity contribution in [3.63, 3.8) is 0 Å². The molecule has 0 bridgehead atoms. The first-order valence-electron chi connectivity index (χ1n) is 8.43. The van der Waals surface area contributed by atoms with E-state index in [1.807, 2.05) is 0 Å². The summed E-state index contributed by atoms with van der Waals surface area (Å²) < 4.78 is 5.89. The number of aliphatic hydroxyl groups excluding tert-OH is 1. The number of rotatable bonds is 3. The van der Waals surface area contributed by atoms with Crippen LogP contribution in [0.3, 0.4) is 0 Å². The highest BCUT2D eigenvalue weighted by Gasteiger charge is 2.44. The average Bonchev–Trinajstić information content (AvgIpc) is 3.17. The molecule has 0 spiro atoms. The summed E-state index contributed by atoms with van der Waals surface area (Å²) in [6.45, 7) is 15.0. The molecule has 0 aromatic heterocycles. The van der Waals surface area contributed by atoms with Gasteiger partial charge in [-0.15, -0.1) is 0 Å². The van der Waals surface area contributed by atoms with Crippen LogP contribution in [0.2, 0.25) is 0 Å². The van der Waals surface area contributed by atoms with Crippen LogP contribution in [0.25, 0.3) is 0 Å². The minimum atomic E-state index is -0.205. The van der Waals surface area contributed by atoms with Crippen molar-refractivity contribution in [2.75, 3.05) is 6.61 Å². The molecule has 128 valence electrons. The Hall–Kier alpha value is -1.35. The van der Waals surface area contributed by atoms with Gasteiger partial charge < -0.3 is 9.84 Å². The molecule has 1 fully saturated rings. The first-order valence-corrected chi connectivity index (χ1v) is 8.43. The number of carbonyl (C=O) groups excluding carboxylic acids is 1. The van der Waals surface area contributed by atoms with E-state index in [1.54, 1.807) is 0 Å². The molecule has 0 amide bonds. The minimum Gasteiger partial charge on any atom is -0.426 e. The molecule has 1 aromatic carbocycles. The van der Waals surface area contributed by atoms with Crippen LogP contribution < -0.4 is 4.74 Å². The van der Waals surface area contributed by atoms with Gasteiger partial charge in [0.05, 0.1) is 5.92 Å². The zero-order valence-corrected chi connectivity index (χ0v) is 15.5. The van der Waals surface area contributed by atoms with Crippen molar-refractivity contribution in [3.05, 3.63) is 28.8 Å². The highest BCUT2D eigenvalue weighted by atomic mass is 16.5. The largest absolute Gasteiger partial charge is 0.426 e. The molecular weight excluding hydrogens is 288 g/mol. The monoisotopic (exact) mass is 318 g/mol. The predicted molar refractivity (Wildman–Crippen MR) is 92.9 cm³/mol. The number of ether oxygens (including phenoxy) is 1. The van der Waals surface area contributed by atoms with Crippen LogP contribution in [-0.2, 0) is 15.6 Å². The molecule has 0 saturated heterocycles. The maximum Gasteiger partial charge on any atom is 0.314 e. The van der Waals surface area contributed by atoms with Gasteiger partial charge in [-0.1, -0.05) is 59.2 Å². The molecular formula is C20H30O3. The summed E-state index contributed by atoms with van der Waals surface area (Å²) in [5.41, 5.74) is 3.09. The van der Waals surface area contributed by atoms with E-state index in [0.29, 0.717) is 5.75 Å². The van der Waals surface area contributed by atoms with E-state index in [2.05, 4.69) is 60.6 Å². The lowest BCUT2D eigenvalue weighted by molar-refractivity contribution is -0.136. The molecule has 1 aliphatic rings. The molecule has 3 heteroatoms.